The second-order valence-corrected chi connectivity index (χ2v) is 6.86. The van der Waals surface area contributed by atoms with Crippen LogP contribution in [-0.4, -0.2) is 35.4 Å². The number of likely N-dealkylation sites (tertiary alicyclic amines) is 1. The minimum Gasteiger partial charge on any atom is -0.487 e. The highest BCUT2D eigenvalue weighted by Gasteiger charge is 2.24. The summed E-state index contributed by atoms with van der Waals surface area (Å²) in [6.07, 6.45) is 5.04. The van der Waals surface area contributed by atoms with E-state index in [1.807, 2.05) is 11.8 Å². The number of nitro groups is 1. The average Bonchev–Trinajstić information content (AvgIpc) is 2.57. The lowest BCUT2D eigenvalue weighted by atomic mass is 9.92. The molecule has 0 spiro atoms. The number of rotatable bonds is 6. The van der Waals surface area contributed by atoms with Crippen LogP contribution >= 0.6 is 0 Å². The lowest BCUT2D eigenvalue weighted by Gasteiger charge is -2.34. The van der Waals surface area contributed by atoms with Gasteiger partial charge in [-0.05, 0) is 42.4 Å². The average molecular weight is 346 g/mol. The van der Waals surface area contributed by atoms with E-state index < -0.39 is 4.92 Å². The van der Waals surface area contributed by atoms with Crippen molar-refractivity contribution in [2.24, 2.45) is 11.8 Å². The number of amides is 1. The van der Waals surface area contributed by atoms with Crippen molar-refractivity contribution >= 4 is 17.7 Å². The summed E-state index contributed by atoms with van der Waals surface area (Å²) in [7, 11) is 0. The molecule has 0 aliphatic carbocycles. The Kier molecular flexibility index (Phi) is 6.56. The molecule has 0 N–H and O–H groups in total. The normalized spacial score (nSPS) is 20.7. The van der Waals surface area contributed by atoms with E-state index in [-0.39, 0.29) is 17.3 Å². The molecule has 1 aliphatic heterocycles. The van der Waals surface area contributed by atoms with Crippen LogP contribution in [0.25, 0.3) is 6.08 Å². The Hall–Kier alpha value is -2.37. The van der Waals surface area contributed by atoms with Crippen molar-refractivity contribution in [2.75, 3.05) is 19.7 Å². The lowest BCUT2D eigenvalue weighted by Crippen LogP contribution is -2.41. The van der Waals surface area contributed by atoms with Gasteiger partial charge in [0.25, 0.3) is 0 Å². The van der Waals surface area contributed by atoms with E-state index in [0.717, 1.165) is 25.9 Å². The molecule has 1 saturated heterocycles. The van der Waals surface area contributed by atoms with Crippen molar-refractivity contribution in [3.63, 3.8) is 0 Å². The maximum Gasteiger partial charge on any atom is 0.311 e. The first-order valence-electron chi connectivity index (χ1n) is 8.79. The SMILES string of the molecule is CCCOc1ccc(/C=C/C(=O)N2CC(C)CC(C)C2)cc1[N+](=O)[O-]. The van der Waals surface area contributed by atoms with Gasteiger partial charge in [0, 0.05) is 25.2 Å². The number of carbonyl (C=O) groups excluding carboxylic acids is 1. The van der Waals surface area contributed by atoms with E-state index in [1.165, 1.54) is 12.1 Å². The summed E-state index contributed by atoms with van der Waals surface area (Å²) in [5, 5.41) is 11.2. The van der Waals surface area contributed by atoms with Crippen LogP contribution in [0.2, 0.25) is 0 Å². The quantitative estimate of drug-likeness (QED) is 0.445. The fourth-order valence-corrected chi connectivity index (χ4v) is 3.23. The standard InChI is InChI=1S/C19H26N2O4/c1-4-9-25-18-7-5-16(11-17(18)21(23)24)6-8-19(22)20-12-14(2)10-15(3)13-20/h5-8,11,14-15H,4,9-10,12-13H2,1-3H3/b8-6+. The predicted molar refractivity (Wildman–Crippen MR) is 97.4 cm³/mol. The Bertz CT molecular complexity index is 647. The summed E-state index contributed by atoms with van der Waals surface area (Å²) in [6.45, 7) is 8.20. The molecule has 1 fully saturated rings. The van der Waals surface area contributed by atoms with Gasteiger partial charge < -0.3 is 9.64 Å². The third-order valence-electron chi connectivity index (χ3n) is 4.24. The van der Waals surface area contributed by atoms with Crippen molar-refractivity contribution < 1.29 is 14.5 Å². The third-order valence-corrected chi connectivity index (χ3v) is 4.24. The molecule has 6 heteroatoms. The van der Waals surface area contributed by atoms with E-state index in [1.54, 1.807) is 18.2 Å². The van der Waals surface area contributed by atoms with E-state index in [4.69, 9.17) is 4.74 Å². The minimum atomic E-state index is -0.460. The zero-order valence-corrected chi connectivity index (χ0v) is 15.1. The molecule has 2 rings (SSSR count). The lowest BCUT2D eigenvalue weighted by molar-refractivity contribution is -0.385. The fourth-order valence-electron chi connectivity index (χ4n) is 3.23. The largest absolute Gasteiger partial charge is 0.487 e. The first-order valence-corrected chi connectivity index (χ1v) is 8.79. The molecule has 0 aromatic heterocycles. The zero-order chi connectivity index (χ0) is 18.4. The summed E-state index contributed by atoms with van der Waals surface area (Å²) in [6, 6.07) is 4.75. The molecular formula is C19H26N2O4. The van der Waals surface area contributed by atoms with Crippen LogP contribution in [0.1, 0.15) is 39.2 Å². The van der Waals surface area contributed by atoms with Crippen molar-refractivity contribution in [1.82, 2.24) is 4.90 Å². The highest BCUT2D eigenvalue weighted by Crippen LogP contribution is 2.28. The molecule has 25 heavy (non-hydrogen) atoms. The number of nitro benzene ring substituents is 1. The molecule has 1 aromatic rings. The monoisotopic (exact) mass is 346 g/mol. The third kappa shape index (κ3) is 5.31. The first-order chi connectivity index (χ1) is 11.9. The van der Waals surface area contributed by atoms with Crippen LogP contribution in [0.5, 0.6) is 5.75 Å². The van der Waals surface area contributed by atoms with Crippen molar-refractivity contribution in [3.05, 3.63) is 40.0 Å². The second-order valence-electron chi connectivity index (χ2n) is 6.86. The topological polar surface area (TPSA) is 72.7 Å². The highest BCUT2D eigenvalue weighted by molar-refractivity contribution is 5.92. The van der Waals surface area contributed by atoms with Crippen LogP contribution in [0.15, 0.2) is 24.3 Å². The van der Waals surface area contributed by atoms with E-state index in [2.05, 4.69) is 13.8 Å². The number of piperidine rings is 1. The van der Waals surface area contributed by atoms with Gasteiger partial charge in [0.05, 0.1) is 11.5 Å². The Balaban J connectivity index is 2.10. The van der Waals surface area contributed by atoms with Crippen LogP contribution < -0.4 is 4.74 Å². The molecule has 136 valence electrons. The fraction of sp³-hybridized carbons (Fsp3) is 0.526. The summed E-state index contributed by atoms with van der Waals surface area (Å²) >= 11 is 0. The summed E-state index contributed by atoms with van der Waals surface area (Å²) in [4.78, 5) is 25.0. The number of benzene rings is 1. The highest BCUT2D eigenvalue weighted by atomic mass is 16.6. The number of ether oxygens (including phenoxy) is 1. The van der Waals surface area contributed by atoms with Gasteiger partial charge in [-0.25, -0.2) is 0 Å². The van der Waals surface area contributed by atoms with Gasteiger partial charge in [0.2, 0.25) is 5.91 Å². The van der Waals surface area contributed by atoms with Gasteiger partial charge in [0.15, 0.2) is 5.75 Å². The smallest absolute Gasteiger partial charge is 0.311 e. The van der Waals surface area contributed by atoms with Crippen LogP contribution in [-0.2, 0) is 4.79 Å². The molecular weight excluding hydrogens is 320 g/mol. The van der Waals surface area contributed by atoms with Crippen LogP contribution in [0.4, 0.5) is 5.69 Å². The summed E-state index contributed by atoms with van der Waals surface area (Å²) in [5.41, 5.74) is 0.533. The Morgan fingerprint density at radius 1 is 1.36 bits per heavy atom. The van der Waals surface area contributed by atoms with Crippen molar-refractivity contribution in [2.45, 2.75) is 33.6 Å². The second kappa shape index (κ2) is 8.65. The Morgan fingerprint density at radius 2 is 2.04 bits per heavy atom. The minimum absolute atomic E-state index is 0.0487. The van der Waals surface area contributed by atoms with Crippen molar-refractivity contribution in [1.29, 1.82) is 0 Å². The van der Waals surface area contributed by atoms with Gasteiger partial charge in [-0.3, -0.25) is 14.9 Å². The van der Waals surface area contributed by atoms with Gasteiger partial charge in [0.1, 0.15) is 0 Å². The van der Waals surface area contributed by atoms with Gasteiger partial charge in [-0.15, -0.1) is 0 Å². The molecule has 1 heterocycles. The molecule has 0 radical (unpaired) electrons. The number of nitrogens with zero attached hydrogens (tertiary/aromatic N) is 2. The van der Waals surface area contributed by atoms with E-state index >= 15 is 0 Å². The van der Waals surface area contributed by atoms with E-state index in [9.17, 15) is 14.9 Å². The molecule has 1 aliphatic rings. The van der Waals surface area contributed by atoms with Gasteiger partial charge in [-0.2, -0.15) is 0 Å². The zero-order valence-electron chi connectivity index (χ0n) is 15.1. The predicted octanol–water partition coefficient (Wildman–Crippen LogP) is 3.90. The maximum absolute atomic E-state index is 12.4. The first kappa shape index (κ1) is 19.0. The molecule has 2 atom stereocenters. The van der Waals surface area contributed by atoms with Crippen LogP contribution in [0.3, 0.4) is 0 Å². The Labute approximate surface area is 148 Å². The molecule has 1 aromatic carbocycles. The molecule has 6 nitrogen and oxygen atoms in total. The summed E-state index contributed by atoms with van der Waals surface area (Å²) in [5.74, 6) is 1.20. The van der Waals surface area contributed by atoms with Gasteiger partial charge >= 0.3 is 5.69 Å². The number of carbonyl (C=O) groups is 1. The maximum atomic E-state index is 12.4. The summed E-state index contributed by atoms with van der Waals surface area (Å²) < 4.78 is 5.41. The van der Waals surface area contributed by atoms with Crippen molar-refractivity contribution in [3.8, 4) is 5.75 Å². The number of hydrogen-bond donors (Lipinski definition) is 0. The molecule has 2 unspecified atom stereocenters. The van der Waals surface area contributed by atoms with E-state index in [0.29, 0.717) is 24.0 Å². The molecule has 0 saturated carbocycles. The van der Waals surface area contributed by atoms with Gasteiger partial charge in [-0.1, -0.05) is 26.8 Å². The molecule has 0 bridgehead atoms. The van der Waals surface area contributed by atoms with Crippen LogP contribution in [0, 0.1) is 22.0 Å². The molecule has 1 amide bonds. The number of hydrogen-bond acceptors (Lipinski definition) is 4. The Morgan fingerprint density at radius 3 is 2.64 bits per heavy atom.